The maximum absolute atomic E-state index is 11.5. The van der Waals surface area contributed by atoms with Crippen LogP contribution >= 0.6 is 0 Å². The minimum atomic E-state index is -0.794. The van der Waals surface area contributed by atoms with E-state index in [1.165, 1.54) is 6.07 Å². The van der Waals surface area contributed by atoms with Crippen molar-refractivity contribution >= 4 is 11.7 Å². The molecule has 0 aliphatic heterocycles. The lowest BCUT2D eigenvalue weighted by Crippen LogP contribution is -2.04. The SMILES string of the molecule is COC(=O)c1cc(OCc2ccccc2)c(O)c([N+](=O)[O-])c1. The highest BCUT2D eigenvalue weighted by Gasteiger charge is 2.23. The van der Waals surface area contributed by atoms with Crippen LogP contribution in [-0.4, -0.2) is 23.1 Å². The number of ether oxygens (including phenoxy) is 2. The predicted octanol–water partition coefficient (Wildman–Crippen LogP) is 2.67. The summed E-state index contributed by atoms with van der Waals surface area (Å²) in [6.07, 6.45) is 0. The van der Waals surface area contributed by atoms with Gasteiger partial charge in [0.25, 0.3) is 0 Å². The molecule has 114 valence electrons. The van der Waals surface area contributed by atoms with Crippen molar-refractivity contribution < 1.29 is 24.3 Å². The molecule has 0 saturated carbocycles. The molecule has 0 aliphatic rings. The zero-order valence-electron chi connectivity index (χ0n) is 11.7. The van der Waals surface area contributed by atoms with Crippen LogP contribution in [0.25, 0.3) is 0 Å². The van der Waals surface area contributed by atoms with Gasteiger partial charge in [-0.2, -0.15) is 0 Å². The Bertz CT molecular complexity index is 699. The number of phenols is 1. The van der Waals surface area contributed by atoms with Crippen LogP contribution in [0.5, 0.6) is 11.5 Å². The summed E-state index contributed by atoms with van der Waals surface area (Å²) in [5.74, 6) is -1.54. The third-order valence-corrected chi connectivity index (χ3v) is 2.91. The second-order valence-electron chi connectivity index (χ2n) is 4.37. The van der Waals surface area contributed by atoms with Crippen molar-refractivity contribution in [2.24, 2.45) is 0 Å². The number of esters is 1. The number of hydrogen-bond acceptors (Lipinski definition) is 6. The van der Waals surface area contributed by atoms with Crippen LogP contribution in [0, 0.1) is 10.1 Å². The van der Waals surface area contributed by atoms with Gasteiger partial charge in [0.1, 0.15) is 6.61 Å². The average Bonchev–Trinajstić information content (AvgIpc) is 2.53. The van der Waals surface area contributed by atoms with Crippen LogP contribution in [-0.2, 0) is 11.3 Å². The van der Waals surface area contributed by atoms with E-state index >= 15 is 0 Å². The number of nitro groups is 1. The third kappa shape index (κ3) is 3.32. The number of carbonyl (C=O) groups is 1. The first-order valence-electron chi connectivity index (χ1n) is 6.29. The topological polar surface area (TPSA) is 98.9 Å². The van der Waals surface area contributed by atoms with Crippen LogP contribution in [0.15, 0.2) is 42.5 Å². The van der Waals surface area contributed by atoms with Gasteiger partial charge in [-0.1, -0.05) is 30.3 Å². The molecule has 2 rings (SSSR count). The molecule has 0 radical (unpaired) electrons. The van der Waals surface area contributed by atoms with Gasteiger partial charge in [0, 0.05) is 6.07 Å². The number of carbonyl (C=O) groups excluding carboxylic acids is 1. The van der Waals surface area contributed by atoms with E-state index < -0.39 is 22.3 Å². The monoisotopic (exact) mass is 303 g/mol. The average molecular weight is 303 g/mol. The first-order valence-corrected chi connectivity index (χ1v) is 6.29. The van der Waals surface area contributed by atoms with Crippen LogP contribution in [0.3, 0.4) is 0 Å². The van der Waals surface area contributed by atoms with Gasteiger partial charge in [-0.25, -0.2) is 4.79 Å². The number of hydrogen-bond donors (Lipinski definition) is 1. The lowest BCUT2D eigenvalue weighted by molar-refractivity contribution is -0.386. The van der Waals surface area contributed by atoms with E-state index in [1.807, 2.05) is 18.2 Å². The van der Waals surface area contributed by atoms with Crippen molar-refractivity contribution in [1.29, 1.82) is 0 Å². The lowest BCUT2D eigenvalue weighted by Gasteiger charge is -2.10. The number of nitrogens with zero attached hydrogens (tertiary/aromatic N) is 1. The van der Waals surface area contributed by atoms with Gasteiger partial charge in [0.15, 0.2) is 5.75 Å². The molecule has 1 N–H and O–H groups in total. The van der Waals surface area contributed by atoms with E-state index in [0.717, 1.165) is 18.7 Å². The summed E-state index contributed by atoms with van der Waals surface area (Å²) in [5, 5.41) is 20.8. The van der Waals surface area contributed by atoms with Crippen molar-refractivity contribution in [2.45, 2.75) is 6.61 Å². The summed E-state index contributed by atoms with van der Waals surface area (Å²) in [6.45, 7) is 0.0934. The van der Waals surface area contributed by atoms with Gasteiger partial charge in [-0.3, -0.25) is 10.1 Å². The number of methoxy groups -OCH3 is 1. The highest BCUT2D eigenvalue weighted by molar-refractivity contribution is 5.91. The predicted molar refractivity (Wildman–Crippen MR) is 76.9 cm³/mol. The van der Waals surface area contributed by atoms with Crippen LogP contribution in [0.4, 0.5) is 5.69 Å². The van der Waals surface area contributed by atoms with E-state index in [1.54, 1.807) is 12.1 Å². The molecule has 0 bridgehead atoms. The van der Waals surface area contributed by atoms with Gasteiger partial charge in [-0.05, 0) is 11.6 Å². The van der Waals surface area contributed by atoms with E-state index in [9.17, 15) is 20.0 Å². The molecule has 0 saturated heterocycles. The third-order valence-electron chi connectivity index (χ3n) is 2.91. The summed E-state index contributed by atoms with van der Waals surface area (Å²) in [5.41, 5.74) is 0.119. The number of nitro benzene ring substituents is 1. The molecule has 0 amide bonds. The summed E-state index contributed by atoms with van der Waals surface area (Å²) in [6, 6.07) is 11.2. The number of rotatable bonds is 5. The van der Waals surface area contributed by atoms with E-state index in [4.69, 9.17) is 4.74 Å². The van der Waals surface area contributed by atoms with Gasteiger partial charge in [-0.15, -0.1) is 0 Å². The zero-order chi connectivity index (χ0) is 16.1. The molecular formula is C15H13NO6. The highest BCUT2D eigenvalue weighted by atomic mass is 16.6. The molecule has 22 heavy (non-hydrogen) atoms. The number of aromatic hydroxyl groups is 1. The summed E-state index contributed by atoms with van der Waals surface area (Å²) in [4.78, 5) is 21.7. The molecule has 0 atom stereocenters. The Labute approximate surface area is 125 Å². The summed E-state index contributed by atoms with van der Waals surface area (Å²) in [7, 11) is 1.16. The van der Waals surface area contributed by atoms with Crippen molar-refractivity contribution in [1.82, 2.24) is 0 Å². The normalized spacial score (nSPS) is 10.0. The maximum Gasteiger partial charge on any atom is 0.338 e. The number of benzene rings is 2. The number of phenolic OH excluding ortho intramolecular Hbond substituents is 1. The molecule has 0 aromatic heterocycles. The second kappa shape index (κ2) is 6.57. The molecule has 0 spiro atoms. The summed E-state index contributed by atoms with van der Waals surface area (Å²) < 4.78 is 9.92. The fraction of sp³-hybridized carbons (Fsp3) is 0.133. The quantitative estimate of drug-likeness (QED) is 0.518. The largest absolute Gasteiger partial charge is 0.500 e. The Morgan fingerprint density at radius 2 is 1.95 bits per heavy atom. The Kier molecular flexibility index (Phi) is 4.57. The smallest absolute Gasteiger partial charge is 0.338 e. The maximum atomic E-state index is 11.5. The van der Waals surface area contributed by atoms with Crippen LogP contribution in [0.2, 0.25) is 0 Å². The van der Waals surface area contributed by atoms with Gasteiger partial charge in [0.05, 0.1) is 17.6 Å². The Hall–Kier alpha value is -3.09. The standard InChI is InChI=1S/C15H13NO6/c1-21-15(18)11-7-12(16(19)20)14(17)13(8-11)22-9-10-5-3-2-4-6-10/h2-8,17H,9H2,1H3. The second-order valence-corrected chi connectivity index (χ2v) is 4.37. The lowest BCUT2D eigenvalue weighted by atomic mass is 10.1. The van der Waals surface area contributed by atoms with Crippen molar-refractivity contribution in [3.8, 4) is 11.5 Å². The minimum Gasteiger partial charge on any atom is -0.500 e. The Morgan fingerprint density at radius 3 is 2.55 bits per heavy atom. The van der Waals surface area contributed by atoms with E-state index in [-0.39, 0.29) is 17.9 Å². The molecule has 0 aliphatic carbocycles. The zero-order valence-corrected chi connectivity index (χ0v) is 11.7. The van der Waals surface area contributed by atoms with Crippen LogP contribution in [0.1, 0.15) is 15.9 Å². The molecule has 0 fully saturated rings. The summed E-state index contributed by atoms with van der Waals surface area (Å²) >= 11 is 0. The fourth-order valence-corrected chi connectivity index (χ4v) is 1.81. The molecule has 7 heteroatoms. The van der Waals surface area contributed by atoms with Crippen molar-refractivity contribution in [2.75, 3.05) is 7.11 Å². The van der Waals surface area contributed by atoms with E-state index in [0.29, 0.717) is 0 Å². The van der Waals surface area contributed by atoms with Crippen molar-refractivity contribution in [3.63, 3.8) is 0 Å². The first kappa shape index (κ1) is 15.3. The molecule has 2 aromatic rings. The Balaban J connectivity index is 2.34. The van der Waals surface area contributed by atoms with Crippen molar-refractivity contribution in [3.05, 3.63) is 63.7 Å². The molecule has 2 aromatic carbocycles. The molecule has 0 heterocycles. The minimum absolute atomic E-state index is 0.0740. The van der Waals surface area contributed by atoms with Gasteiger partial charge >= 0.3 is 11.7 Å². The molecule has 0 unspecified atom stereocenters. The Morgan fingerprint density at radius 1 is 1.27 bits per heavy atom. The fourth-order valence-electron chi connectivity index (χ4n) is 1.81. The van der Waals surface area contributed by atoms with E-state index in [2.05, 4.69) is 4.74 Å². The van der Waals surface area contributed by atoms with Gasteiger partial charge < -0.3 is 14.6 Å². The van der Waals surface area contributed by atoms with Gasteiger partial charge in [0.2, 0.25) is 5.75 Å². The molecular weight excluding hydrogens is 290 g/mol. The van der Waals surface area contributed by atoms with Crippen LogP contribution < -0.4 is 4.74 Å². The first-order chi connectivity index (χ1) is 10.5. The highest BCUT2D eigenvalue weighted by Crippen LogP contribution is 2.37. The molecule has 7 nitrogen and oxygen atoms in total.